The first-order valence-corrected chi connectivity index (χ1v) is 10.1. The third-order valence-corrected chi connectivity index (χ3v) is 5.22. The van der Waals surface area contributed by atoms with E-state index >= 15 is 0 Å². The molecule has 0 bridgehead atoms. The van der Waals surface area contributed by atoms with Crippen molar-refractivity contribution in [2.24, 2.45) is 0 Å². The smallest absolute Gasteiger partial charge is 0.338 e. The van der Waals surface area contributed by atoms with Crippen molar-refractivity contribution in [1.82, 2.24) is 4.72 Å². The van der Waals surface area contributed by atoms with Crippen molar-refractivity contribution in [1.29, 1.82) is 0 Å². The highest BCUT2D eigenvalue weighted by Crippen LogP contribution is 2.25. The predicted octanol–water partition coefficient (Wildman–Crippen LogP) is 2.26. The Balaban J connectivity index is 1.96. The second kappa shape index (κ2) is 9.85. The average Bonchev–Trinajstić information content (AvgIpc) is 2.71. The molecule has 2 aromatic rings. The lowest BCUT2D eigenvalue weighted by atomic mass is 10.2. The van der Waals surface area contributed by atoms with Gasteiger partial charge in [-0.2, -0.15) is 0 Å². The van der Waals surface area contributed by atoms with E-state index in [0.29, 0.717) is 11.4 Å². The van der Waals surface area contributed by atoms with E-state index in [9.17, 15) is 18.0 Å². The van der Waals surface area contributed by atoms with Gasteiger partial charge in [0, 0.05) is 6.54 Å². The summed E-state index contributed by atoms with van der Waals surface area (Å²) >= 11 is 0. The number of benzene rings is 2. The number of anilines is 1. The highest BCUT2D eigenvalue weighted by molar-refractivity contribution is 7.89. The van der Waals surface area contributed by atoms with Crippen LogP contribution in [0.1, 0.15) is 15.9 Å². The van der Waals surface area contributed by atoms with E-state index in [1.54, 1.807) is 12.1 Å². The van der Waals surface area contributed by atoms with Gasteiger partial charge in [-0.25, -0.2) is 17.9 Å². The molecular formula is C20H22N2O6S. The number of rotatable bonds is 9. The molecule has 0 atom stereocenters. The van der Waals surface area contributed by atoms with Crippen LogP contribution in [0.4, 0.5) is 5.69 Å². The molecule has 0 aromatic heterocycles. The Morgan fingerprint density at radius 2 is 1.83 bits per heavy atom. The molecule has 1 amide bonds. The molecule has 8 nitrogen and oxygen atoms in total. The number of carbonyl (C=O) groups excluding carboxylic acids is 2. The molecule has 0 radical (unpaired) electrons. The molecule has 154 valence electrons. The van der Waals surface area contributed by atoms with Gasteiger partial charge in [-0.1, -0.05) is 12.1 Å². The number of nitrogens with one attached hydrogen (secondary N) is 2. The number of hydrogen-bond donors (Lipinski definition) is 2. The van der Waals surface area contributed by atoms with Crippen LogP contribution in [0.15, 0.2) is 60.0 Å². The van der Waals surface area contributed by atoms with Crippen LogP contribution in [0.2, 0.25) is 0 Å². The van der Waals surface area contributed by atoms with Crippen molar-refractivity contribution in [3.63, 3.8) is 0 Å². The quantitative estimate of drug-likeness (QED) is 0.477. The van der Waals surface area contributed by atoms with Gasteiger partial charge >= 0.3 is 5.97 Å². The normalized spacial score (nSPS) is 10.8. The topological polar surface area (TPSA) is 111 Å². The molecule has 0 aliphatic carbocycles. The first-order chi connectivity index (χ1) is 13.8. The molecule has 2 aromatic carbocycles. The predicted molar refractivity (Wildman–Crippen MR) is 108 cm³/mol. The Hall–Kier alpha value is -3.17. The third kappa shape index (κ3) is 6.16. The Morgan fingerprint density at radius 1 is 1.14 bits per heavy atom. The lowest BCUT2D eigenvalue weighted by molar-refractivity contribution is -0.119. The zero-order valence-corrected chi connectivity index (χ0v) is 16.9. The van der Waals surface area contributed by atoms with Crippen molar-refractivity contribution in [3.05, 3.63) is 66.2 Å². The molecule has 0 saturated heterocycles. The number of aryl methyl sites for hydroxylation is 1. The van der Waals surface area contributed by atoms with E-state index in [1.165, 1.54) is 37.5 Å². The van der Waals surface area contributed by atoms with Gasteiger partial charge in [0.05, 0.1) is 23.3 Å². The molecule has 29 heavy (non-hydrogen) atoms. The minimum Gasteiger partial charge on any atom is -0.495 e. The van der Waals surface area contributed by atoms with Gasteiger partial charge in [0.25, 0.3) is 5.91 Å². The van der Waals surface area contributed by atoms with Crippen molar-refractivity contribution >= 4 is 27.6 Å². The van der Waals surface area contributed by atoms with Crippen molar-refractivity contribution in [2.45, 2.75) is 11.8 Å². The number of esters is 1. The molecule has 2 rings (SSSR count). The Bertz CT molecular complexity index is 1000. The van der Waals surface area contributed by atoms with Crippen molar-refractivity contribution < 1.29 is 27.5 Å². The summed E-state index contributed by atoms with van der Waals surface area (Å²) in [6.07, 6.45) is 1.42. The minimum absolute atomic E-state index is 0.000172. The summed E-state index contributed by atoms with van der Waals surface area (Å²) < 4.78 is 36.5. The maximum Gasteiger partial charge on any atom is 0.338 e. The number of methoxy groups -OCH3 is 1. The van der Waals surface area contributed by atoms with Crippen molar-refractivity contribution in [2.75, 3.05) is 25.6 Å². The summed E-state index contributed by atoms with van der Waals surface area (Å²) in [5.74, 6) is -0.799. The van der Waals surface area contributed by atoms with Gasteiger partial charge in [-0.3, -0.25) is 4.79 Å². The van der Waals surface area contributed by atoms with E-state index in [4.69, 9.17) is 9.47 Å². The molecule has 0 heterocycles. The van der Waals surface area contributed by atoms with Crippen LogP contribution in [-0.4, -0.2) is 40.6 Å². The third-order valence-electron chi connectivity index (χ3n) is 3.78. The molecule has 2 N–H and O–H groups in total. The van der Waals surface area contributed by atoms with E-state index < -0.39 is 28.5 Å². The second-order valence-corrected chi connectivity index (χ2v) is 7.76. The van der Waals surface area contributed by atoms with E-state index in [2.05, 4.69) is 16.6 Å². The number of ether oxygens (including phenoxy) is 2. The molecule has 0 unspecified atom stereocenters. The van der Waals surface area contributed by atoms with Crippen LogP contribution in [0, 0.1) is 6.92 Å². The van der Waals surface area contributed by atoms with Gasteiger partial charge in [0.2, 0.25) is 10.0 Å². The summed E-state index contributed by atoms with van der Waals surface area (Å²) in [7, 11) is -2.20. The zero-order valence-electron chi connectivity index (χ0n) is 16.1. The van der Waals surface area contributed by atoms with Gasteiger partial charge in [0.15, 0.2) is 6.61 Å². The monoisotopic (exact) mass is 418 g/mol. The standard InChI is InChI=1S/C20H22N2O6S/c1-4-11-21-29(25,26)16-8-6-15(7-9-16)20(24)28-13-19(23)22-17-12-14(2)5-10-18(17)27-3/h4-10,12,21H,1,11,13H2,2-3H3,(H,22,23). The Labute approximate surface area is 169 Å². The number of carbonyl (C=O) groups is 2. The zero-order chi connectivity index (χ0) is 21.4. The average molecular weight is 418 g/mol. The van der Waals surface area contributed by atoms with Gasteiger partial charge in [-0.15, -0.1) is 6.58 Å². The summed E-state index contributed by atoms with van der Waals surface area (Å²) in [6, 6.07) is 10.5. The number of hydrogen-bond acceptors (Lipinski definition) is 6. The maximum absolute atomic E-state index is 12.1. The minimum atomic E-state index is -3.68. The van der Waals surface area contributed by atoms with Gasteiger partial charge in [-0.05, 0) is 48.9 Å². The fourth-order valence-corrected chi connectivity index (χ4v) is 3.34. The summed E-state index contributed by atoms with van der Waals surface area (Å²) in [4.78, 5) is 24.2. The van der Waals surface area contributed by atoms with Crippen LogP contribution in [-0.2, 0) is 19.6 Å². The number of amides is 1. The van der Waals surface area contributed by atoms with Crippen LogP contribution in [0.3, 0.4) is 0 Å². The summed E-state index contributed by atoms with van der Waals surface area (Å²) in [5.41, 5.74) is 1.51. The van der Waals surface area contributed by atoms with E-state index in [-0.39, 0.29) is 17.0 Å². The molecular weight excluding hydrogens is 396 g/mol. The number of sulfonamides is 1. The summed E-state index contributed by atoms with van der Waals surface area (Å²) in [6.45, 7) is 4.90. The van der Waals surface area contributed by atoms with Crippen LogP contribution < -0.4 is 14.8 Å². The van der Waals surface area contributed by atoms with E-state index in [1.807, 2.05) is 13.0 Å². The highest BCUT2D eigenvalue weighted by atomic mass is 32.2. The fraction of sp³-hybridized carbons (Fsp3) is 0.200. The lowest BCUT2D eigenvalue weighted by Gasteiger charge is -2.11. The molecule has 0 saturated carbocycles. The molecule has 0 spiro atoms. The van der Waals surface area contributed by atoms with Gasteiger partial charge in [0.1, 0.15) is 5.75 Å². The van der Waals surface area contributed by atoms with Crippen LogP contribution in [0.25, 0.3) is 0 Å². The van der Waals surface area contributed by atoms with Gasteiger partial charge < -0.3 is 14.8 Å². The SMILES string of the molecule is C=CCNS(=O)(=O)c1ccc(C(=O)OCC(=O)Nc2cc(C)ccc2OC)cc1. The highest BCUT2D eigenvalue weighted by Gasteiger charge is 2.16. The molecule has 9 heteroatoms. The fourth-order valence-electron chi connectivity index (χ4n) is 2.34. The maximum atomic E-state index is 12.1. The summed E-state index contributed by atoms with van der Waals surface area (Å²) in [5, 5.41) is 2.62. The second-order valence-electron chi connectivity index (χ2n) is 5.99. The molecule has 0 aliphatic heterocycles. The Kier molecular flexibility index (Phi) is 7.52. The largest absolute Gasteiger partial charge is 0.495 e. The first kappa shape index (κ1) is 22.1. The van der Waals surface area contributed by atoms with E-state index in [0.717, 1.165) is 5.56 Å². The van der Waals surface area contributed by atoms with Crippen LogP contribution >= 0.6 is 0 Å². The molecule has 0 aliphatic rings. The first-order valence-electron chi connectivity index (χ1n) is 8.59. The van der Waals surface area contributed by atoms with Crippen molar-refractivity contribution in [3.8, 4) is 5.75 Å². The van der Waals surface area contributed by atoms with Crippen LogP contribution in [0.5, 0.6) is 5.75 Å². The Morgan fingerprint density at radius 3 is 2.45 bits per heavy atom. The lowest BCUT2D eigenvalue weighted by Crippen LogP contribution is -2.24. The molecule has 0 fully saturated rings.